The highest BCUT2D eigenvalue weighted by atomic mass is 16.4. The lowest BCUT2D eigenvalue weighted by atomic mass is 9.87. The van der Waals surface area contributed by atoms with Gasteiger partial charge in [-0.3, -0.25) is 0 Å². The van der Waals surface area contributed by atoms with Crippen LogP contribution in [0.3, 0.4) is 0 Å². The standard InChI is InChI=1S/C13H29N3O/c1-5-6-7-8-13(3,4)10-15-9-11(2)12(14)16-17/h11,15,17H,5-10H2,1-4H3,(H2,14,16). The lowest BCUT2D eigenvalue weighted by Gasteiger charge is -2.25. The second kappa shape index (κ2) is 8.34. The molecule has 0 spiro atoms. The van der Waals surface area contributed by atoms with E-state index in [0.29, 0.717) is 11.3 Å². The number of nitrogens with zero attached hydrogens (tertiary/aromatic N) is 1. The molecule has 1 atom stereocenters. The van der Waals surface area contributed by atoms with Crippen molar-refractivity contribution in [2.24, 2.45) is 22.2 Å². The molecule has 4 nitrogen and oxygen atoms in total. The number of nitrogens with two attached hydrogens (primary N) is 1. The van der Waals surface area contributed by atoms with Crippen LogP contribution in [0.2, 0.25) is 0 Å². The summed E-state index contributed by atoms with van der Waals surface area (Å²) in [5.74, 6) is 0.368. The Labute approximate surface area is 106 Å². The van der Waals surface area contributed by atoms with Crippen LogP contribution in [-0.2, 0) is 0 Å². The Morgan fingerprint density at radius 3 is 2.59 bits per heavy atom. The third kappa shape index (κ3) is 8.02. The molecule has 0 saturated heterocycles. The second-order valence-electron chi connectivity index (χ2n) is 5.68. The van der Waals surface area contributed by atoms with Crippen molar-refractivity contribution < 1.29 is 5.21 Å². The Hall–Kier alpha value is -0.770. The molecule has 1 unspecified atom stereocenters. The maximum atomic E-state index is 8.54. The summed E-state index contributed by atoms with van der Waals surface area (Å²) in [5.41, 5.74) is 5.84. The Morgan fingerprint density at radius 2 is 2.06 bits per heavy atom. The molecule has 0 rings (SSSR count). The molecule has 4 heteroatoms. The molecule has 0 aliphatic heterocycles. The number of amidine groups is 1. The smallest absolute Gasteiger partial charge is 0.143 e. The summed E-state index contributed by atoms with van der Waals surface area (Å²) in [5, 5.41) is 15.0. The van der Waals surface area contributed by atoms with Crippen molar-refractivity contribution in [2.75, 3.05) is 13.1 Å². The summed E-state index contributed by atoms with van der Waals surface area (Å²) in [7, 11) is 0. The quantitative estimate of drug-likeness (QED) is 0.192. The average molecular weight is 243 g/mol. The van der Waals surface area contributed by atoms with Crippen LogP contribution in [-0.4, -0.2) is 24.1 Å². The van der Waals surface area contributed by atoms with Crippen LogP contribution >= 0.6 is 0 Å². The third-order valence-corrected chi connectivity index (χ3v) is 3.13. The predicted molar refractivity (Wildman–Crippen MR) is 73.4 cm³/mol. The fraction of sp³-hybridized carbons (Fsp3) is 0.923. The van der Waals surface area contributed by atoms with Gasteiger partial charge < -0.3 is 16.3 Å². The first-order valence-electron chi connectivity index (χ1n) is 6.61. The Morgan fingerprint density at radius 1 is 1.41 bits per heavy atom. The molecular formula is C13H29N3O. The van der Waals surface area contributed by atoms with Crippen LogP contribution in [0, 0.1) is 11.3 Å². The van der Waals surface area contributed by atoms with Gasteiger partial charge in [0.15, 0.2) is 0 Å². The Bertz CT molecular complexity index is 227. The minimum Gasteiger partial charge on any atom is -0.409 e. The van der Waals surface area contributed by atoms with Gasteiger partial charge in [0.05, 0.1) is 0 Å². The molecule has 0 aromatic heterocycles. The first-order valence-corrected chi connectivity index (χ1v) is 6.61. The second-order valence-corrected chi connectivity index (χ2v) is 5.68. The molecule has 0 radical (unpaired) electrons. The van der Waals surface area contributed by atoms with Gasteiger partial charge in [0.25, 0.3) is 0 Å². The zero-order valence-corrected chi connectivity index (χ0v) is 11.8. The molecule has 4 N–H and O–H groups in total. The summed E-state index contributed by atoms with van der Waals surface area (Å²) in [6.07, 6.45) is 5.11. The molecule has 0 aliphatic carbocycles. The van der Waals surface area contributed by atoms with Crippen LogP contribution in [0.15, 0.2) is 5.16 Å². The number of hydrogen-bond donors (Lipinski definition) is 3. The average Bonchev–Trinajstić information content (AvgIpc) is 2.27. The van der Waals surface area contributed by atoms with E-state index >= 15 is 0 Å². The van der Waals surface area contributed by atoms with E-state index in [1.807, 2.05) is 6.92 Å². The molecule has 0 aliphatic rings. The summed E-state index contributed by atoms with van der Waals surface area (Å²) in [4.78, 5) is 0. The lowest BCUT2D eigenvalue weighted by molar-refractivity contribution is 0.297. The van der Waals surface area contributed by atoms with Gasteiger partial charge >= 0.3 is 0 Å². The van der Waals surface area contributed by atoms with Crippen molar-refractivity contribution in [3.05, 3.63) is 0 Å². The maximum absolute atomic E-state index is 8.54. The van der Waals surface area contributed by atoms with Crippen LogP contribution in [0.25, 0.3) is 0 Å². The molecule has 0 fully saturated rings. The van der Waals surface area contributed by atoms with E-state index in [9.17, 15) is 0 Å². The topological polar surface area (TPSA) is 70.6 Å². The van der Waals surface area contributed by atoms with Gasteiger partial charge in [-0.25, -0.2) is 0 Å². The molecule has 17 heavy (non-hydrogen) atoms. The Kier molecular flexibility index (Phi) is 7.96. The summed E-state index contributed by atoms with van der Waals surface area (Å²) < 4.78 is 0. The highest BCUT2D eigenvalue weighted by Crippen LogP contribution is 2.22. The van der Waals surface area contributed by atoms with Crippen molar-refractivity contribution in [3.63, 3.8) is 0 Å². The van der Waals surface area contributed by atoms with Crippen molar-refractivity contribution >= 4 is 5.84 Å². The van der Waals surface area contributed by atoms with E-state index < -0.39 is 0 Å². The van der Waals surface area contributed by atoms with Crippen LogP contribution in [0.4, 0.5) is 0 Å². The van der Waals surface area contributed by atoms with E-state index in [4.69, 9.17) is 10.9 Å². The molecule has 0 aromatic carbocycles. The number of hydrogen-bond acceptors (Lipinski definition) is 3. The highest BCUT2D eigenvalue weighted by Gasteiger charge is 2.17. The first-order chi connectivity index (χ1) is 7.93. The maximum Gasteiger partial charge on any atom is 0.143 e. The van der Waals surface area contributed by atoms with Crippen molar-refractivity contribution in [1.29, 1.82) is 0 Å². The van der Waals surface area contributed by atoms with Crippen molar-refractivity contribution in [3.8, 4) is 0 Å². The van der Waals surface area contributed by atoms with E-state index in [1.54, 1.807) is 0 Å². The fourth-order valence-corrected chi connectivity index (χ4v) is 1.77. The minimum absolute atomic E-state index is 0.0754. The minimum atomic E-state index is 0.0754. The number of rotatable bonds is 9. The number of oxime groups is 1. The van der Waals surface area contributed by atoms with E-state index in [0.717, 1.165) is 13.1 Å². The summed E-state index contributed by atoms with van der Waals surface area (Å²) in [6, 6.07) is 0. The van der Waals surface area contributed by atoms with Gasteiger partial charge in [-0.15, -0.1) is 0 Å². The van der Waals surface area contributed by atoms with E-state index in [2.05, 4.69) is 31.2 Å². The highest BCUT2D eigenvalue weighted by molar-refractivity contribution is 5.82. The molecule has 0 heterocycles. The van der Waals surface area contributed by atoms with Gasteiger partial charge in [-0.2, -0.15) is 0 Å². The number of unbranched alkanes of at least 4 members (excludes halogenated alkanes) is 2. The molecule has 0 bridgehead atoms. The largest absolute Gasteiger partial charge is 0.409 e. The van der Waals surface area contributed by atoms with Crippen LogP contribution in [0.5, 0.6) is 0 Å². The molecule has 0 aromatic rings. The van der Waals surface area contributed by atoms with Crippen molar-refractivity contribution in [1.82, 2.24) is 5.32 Å². The monoisotopic (exact) mass is 243 g/mol. The number of nitrogens with one attached hydrogen (secondary N) is 1. The van der Waals surface area contributed by atoms with E-state index in [-0.39, 0.29) is 5.92 Å². The fourth-order valence-electron chi connectivity index (χ4n) is 1.77. The van der Waals surface area contributed by atoms with Gasteiger partial charge in [0.2, 0.25) is 0 Å². The zero-order chi connectivity index (χ0) is 13.3. The van der Waals surface area contributed by atoms with Crippen molar-refractivity contribution in [2.45, 2.75) is 53.4 Å². The first kappa shape index (κ1) is 16.2. The molecule has 102 valence electrons. The summed E-state index contributed by atoms with van der Waals surface area (Å²) in [6.45, 7) is 10.5. The SMILES string of the molecule is CCCCCC(C)(C)CNCC(C)C(N)=NO. The Balaban J connectivity index is 3.78. The zero-order valence-electron chi connectivity index (χ0n) is 11.8. The van der Waals surface area contributed by atoms with Gasteiger partial charge in [-0.1, -0.05) is 52.1 Å². The molecule has 0 saturated carbocycles. The van der Waals surface area contributed by atoms with Crippen LogP contribution in [0.1, 0.15) is 53.4 Å². The van der Waals surface area contributed by atoms with Gasteiger partial charge in [-0.05, 0) is 11.8 Å². The third-order valence-electron chi connectivity index (χ3n) is 3.13. The molecule has 0 amide bonds. The lowest BCUT2D eigenvalue weighted by Crippen LogP contribution is -2.36. The van der Waals surface area contributed by atoms with E-state index in [1.165, 1.54) is 25.7 Å². The summed E-state index contributed by atoms with van der Waals surface area (Å²) >= 11 is 0. The molecular weight excluding hydrogens is 214 g/mol. The predicted octanol–water partition coefficient (Wildman–Crippen LogP) is 2.57. The normalized spacial score (nSPS) is 14.9. The van der Waals surface area contributed by atoms with Crippen LogP contribution < -0.4 is 11.1 Å². The van der Waals surface area contributed by atoms with Gasteiger partial charge in [0.1, 0.15) is 5.84 Å². The van der Waals surface area contributed by atoms with Gasteiger partial charge in [0, 0.05) is 19.0 Å².